The van der Waals surface area contributed by atoms with Crippen LogP contribution in [0, 0.1) is 18.3 Å². The number of hydrogen-bond acceptors (Lipinski definition) is 4. The van der Waals surface area contributed by atoms with E-state index < -0.39 is 0 Å². The number of rotatable bonds is 3. The van der Waals surface area contributed by atoms with Crippen molar-refractivity contribution in [1.29, 1.82) is 0 Å². The van der Waals surface area contributed by atoms with Gasteiger partial charge in [-0.2, -0.15) is 0 Å². The molecule has 1 saturated carbocycles. The fraction of sp³-hybridized carbons (Fsp3) is 0.778. The summed E-state index contributed by atoms with van der Waals surface area (Å²) in [6.45, 7) is 17.5. The van der Waals surface area contributed by atoms with Crippen LogP contribution in [0.15, 0.2) is 11.8 Å². The van der Waals surface area contributed by atoms with Crippen molar-refractivity contribution in [2.24, 2.45) is 11.3 Å². The topological polar surface area (TPSA) is 58.0 Å². The smallest absolute Gasteiger partial charge is 0.0842 e. The number of hydrogen-bond donors (Lipinski definition) is 2. The number of aliphatic hydroxyl groups is 1. The maximum Gasteiger partial charge on any atom is 0.0842 e. The molecule has 4 heteroatoms. The summed E-state index contributed by atoms with van der Waals surface area (Å²) in [7, 11) is 0. The van der Waals surface area contributed by atoms with Crippen LogP contribution in [-0.2, 0) is 0 Å². The predicted molar refractivity (Wildman–Crippen MR) is 134 cm³/mol. The van der Waals surface area contributed by atoms with Gasteiger partial charge in [-0.1, -0.05) is 85.6 Å². The molecule has 2 N–H and O–H groups in total. The predicted octanol–water partition coefficient (Wildman–Crippen LogP) is 7.02. The van der Waals surface area contributed by atoms with Gasteiger partial charge in [0.25, 0.3) is 0 Å². The minimum absolute atomic E-state index is 0.143. The molecule has 3 rings (SSSR count). The molecule has 1 aliphatic carbocycles. The lowest BCUT2D eigenvalue weighted by Gasteiger charge is -2.21. The van der Waals surface area contributed by atoms with Gasteiger partial charge in [0, 0.05) is 6.04 Å². The molecule has 2 aliphatic rings. The summed E-state index contributed by atoms with van der Waals surface area (Å²) in [4.78, 5) is 9.44. The highest BCUT2D eigenvalue weighted by molar-refractivity contribution is 5.51. The van der Waals surface area contributed by atoms with Crippen molar-refractivity contribution in [3.8, 4) is 0 Å². The van der Waals surface area contributed by atoms with Crippen molar-refractivity contribution >= 4 is 6.08 Å². The minimum Gasteiger partial charge on any atom is -0.395 e. The Morgan fingerprint density at radius 2 is 1.71 bits per heavy atom. The molecule has 1 aromatic rings. The fourth-order valence-electron chi connectivity index (χ4n) is 3.42. The Labute approximate surface area is 192 Å². The summed E-state index contributed by atoms with van der Waals surface area (Å²) >= 11 is 0. The van der Waals surface area contributed by atoms with E-state index >= 15 is 0 Å². The molecule has 2 unspecified atom stereocenters. The number of nitrogens with one attached hydrogen (secondary N) is 1. The van der Waals surface area contributed by atoms with Crippen LogP contribution in [0.1, 0.15) is 123 Å². The van der Waals surface area contributed by atoms with Crippen molar-refractivity contribution in [1.82, 2.24) is 15.3 Å². The zero-order valence-corrected chi connectivity index (χ0v) is 21.6. The highest BCUT2D eigenvalue weighted by Crippen LogP contribution is 2.28. The number of aryl methyl sites for hydroxylation is 1. The first-order chi connectivity index (χ1) is 14.6. The summed E-state index contributed by atoms with van der Waals surface area (Å²) in [6, 6.07) is 0.370. The molecule has 2 heterocycles. The fourth-order valence-corrected chi connectivity index (χ4v) is 3.42. The van der Waals surface area contributed by atoms with E-state index in [1.54, 1.807) is 0 Å². The van der Waals surface area contributed by atoms with Gasteiger partial charge in [-0.15, -0.1) is 0 Å². The quantitative estimate of drug-likeness (QED) is 0.540. The van der Waals surface area contributed by atoms with E-state index in [4.69, 9.17) is 4.98 Å². The number of nitrogens with zero attached hydrogens (tertiary/aromatic N) is 2. The molecule has 31 heavy (non-hydrogen) atoms. The number of aliphatic hydroxyl groups excluding tert-OH is 1. The van der Waals surface area contributed by atoms with Gasteiger partial charge in [-0.05, 0) is 44.1 Å². The standard InChI is InChI=1S/C19H31N3O.C5H10.C3H8/c1-13(19(3,4)5)10-17-14(2)21-18(11-20-17)16-9-7-6-8-15(12-23)22-16;1-5-3-2-4-5;1-3-2/h10-11,15-16,22-23H,6-9,12H2,1-5H3;5H,2-4H2,1H3;3H2,1-2H3/b13-10+;;. The van der Waals surface area contributed by atoms with Gasteiger partial charge in [0.1, 0.15) is 0 Å². The lowest BCUT2D eigenvalue weighted by molar-refractivity contribution is 0.229. The highest BCUT2D eigenvalue weighted by Gasteiger charge is 2.22. The first-order valence-electron chi connectivity index (χ1n) is 12.5. The minimum atomic E-state index is 0.143. The zero-order valence-electron chi connectivity index (χ0n) is 21.6. The molecule has 0 spiro atoms. The molecule has 1 aromatic heterocycles. The monoisotopic (exact) mass is 431 g/mol. The lowest BCUT2D eigenvalue weighted by atomic mass is 9.87. The van der Waals surface area contributed by atoms with Gasteiger partial charge < -0.3 is 10.4 Å². The average molecular weight is 432 g/mol. The Hall–Kier alpha value is -1.26. The molecule has 0 amide bonds. The molecule has 0 radical (unpaired) electrons. The Bertz CT molecular complexity index is 659. The Balaban J connectivity index is 0.000000506. The molecule has 2 atom stereocenters. The summed E-state index contributed by atoms with van der Waals surface area (Å²) < 4.78 is 0. The van der Waals surface area contributed by atoms with Crippen LogP contribution in [0.2, 0.25) is 0 Å². The second kappa shape index (κ2) is 14.0. The molecule has 178 valence electrons. The van der Waals surface area contributed by atoms with Gasteiger partial charge in [0.2, 0.25) is 0 Å². The van der Waals surface area contributed by atoms with Crippen molar-refractivity contribution < 1.29 is 5.11 Å². The first-order valence-corrected chi connectivity index (χ1v) is 12.5. The van der Waals surface area contributed by atoms with Crippen molar-refractivity contribution in [3.63, 3.8) is 0 Å². The van der Waals surface area contributed by atoms with Crippen molar-refractivity contribution in [2.45, 2.75) is 119 Å². The van der Waals surface area contributed by atoms with Gasteiger partial charge >= 0.3 is 0 Å². The third-order valence-corrected chi connectivity index (χ3v) is 6.24. The van der Waals surface area contributed by atoms with E-state index in [1.165, 1.54) is 37.7 Å². The second-order valence-corrected chi connectivity index (χ2v) is 10.5. The normalized spacial score (nSPS) is 22.3. The van der Waals surface area contributed by atoms with E-state index in [1.807, 2.05) is 13.1 Å². The largest absolute Gasteiger partial charge is 0.395 e. The summed E-state index contributed by atoms with van der Waals surface area (Å²) in [5.74, 6) is 1.06. The van der Waals surface area contributed by atoms with Crippen LogP contribution in [0.5, 0.6) is 0 Å². The number of aromatic nitrogens is 2. The lowest BCUT2D eigenvalue weighted by Crippen LogP contribution is -2.34. The Kier molecular flexibility index (Phi) is 12.5. The SMILES string of the molecule is C/C(=C\c1ncc(C2CCCCC(CO)N2)nc1C)C(C)(C)C.CC1CCC1.CCC. The summed E-state index contributed by atoms with van der Waals surface area (Å²) in [5.41, 5.74) is 4.36. The van der Waals surface area contributed by atoms with Crippen LogP contribution in [0.3, 0.4) is 0 Å². The molecule has 1 aliphatic heterocycles. The molecule has 1 saturated heterocycles. The van der Waals surface area contributed by atoms with Crippen LogP contribution in [-0.4, -0.2) is 27.7 Å². The van der Waals surface area contributed by atoms with Crippen LogP contribution in [0.4, 0.5) is 0 Å². The molecule has 2 fully saturated rings. The molecular weight excluding hydrogens is 382 g/mol. The van der Waals surface area contributed by atoms with E-state index in [9.17, 15) is 5.11 Å². The van der Waals surface area contributed by atoms with Crippen LogP contribution < -0.4 is 5.32 Å². The highest BCUT2D eigenvalue weighted by atomic mass is 16.3. The number of allylic oxidation sites excluding steroid dienone is 1. The molecular formula is C27H49N3O. The third-order valence-electron chi connectivity index (χ3n) is 6.24. The molecule has 0 bridgehead atoms. The Morgan fingerprint density at radius 3 is 2.16 bits per heavy atom. The van der Waals surface area contributed by atoms with Crippen molar-refractivity contribution in [3.05, 3.63) is 28.9 Å². The zero-order chi connectivity index (χ0) is 23.4. The van der Waals surface area contributed by atoms with Gasteiger partial charge in [0.05, 0.1) is 35.9 Å². The summed E-state index contributed by atoms with van der Waals surface area (Å²) in [6.07, 6.45) is 14.2. The molecule has 0 aromatic carbocycles. The van der Waals surface area contributed by atoms with E-state index in [-0.39, 0.29) is 24.1 Å². The maximum atomic E-state index is 9.45. The van der Waals surface area contributed by atoms with Crippen LogP contribution in [0.25, 0.3) is 6.08 Å². The van der Waals surface area contributed by atoms with Crippen LogP contribution >= 0.6 is 0 Å². The van der Waals surface area contributed by atoms with E-state index in [0.717, 1.165) is 42.3 Å². The Morgan fingerprint density at radius 1 is 1.13 bits per heavy atom. The third kappa shape index (κ3) is 10.3. The van der Waals surface area contributed by atoms with Gasteiger partial charge in [0.15, 0.2) is 0 Å². The van der Waals surface area contributed by atoms with Gasteiger partial charge in [-0.25, -0.2) is 0 Å². The maximum absolute atomic E-state index is 9.45. The summed E-state index contributed by atoms with van der Waals surface area (Å²) in [5, 5.41) is 13.0. The first kappa shape index (κ1) is 27.8. The van der Waals surface area contributed by atoms with E-state index in [0.29, 0.717) is 0 Å². The second-order valence-electron chi connectivity index (χ2n) is 10.5. The molecule has 4 nitrogen and oxygen atoms in total. The average Bonchev–Trinajstić information content (AvgIpc) is 2.94. The van der Waals surface area contributed by atoms with Crippen molar-refractivity contribution in [2.75, 3.05) is 6.61 Å². The van der Waals surface area contributed by atoms with E-state index in [2.05, 4.69) is 64.8 Å². The van der Waals surface area contributed by atoms with Gasteiger partial charge in [-0.3, -0.25) is 9.97 Å².